The standard InChI is InChI=1S/C15H13ClF2N2O/c1-7-3-8(2)14(6-13(7)19)20-15(21)9-4-12(18)10(16)5-11(9)17/h3-6H,19H2,1-2H3,(H,20,21). The number of nitrogens with two attached hydrogens (primary N) is 1. The summed E-state index contributed by atoms with van der Waals surface area (Å²) < 4.78 is 27.0. The lowest BCUT2D eigenvalue weighted by atomic mass is 10.1. The second kappa shape index (κ2) is 5.69. The summed E-state index contributed by atoms with van der Waals surface area (Å²) in [6, 6.07) is 4.90. The van der Waals surface area contributed by atoms with E-state index in [2.05, 4.69) is 5.32 Å². The molecule has 0 atom stereocenters. The van der Waals surface area contributed by atoms with Gasteiger partial charge in [0, 0.05) is 11.4 Å². The Morgan fingerprint density at radius 1 is 1.10 bits per heavy atom. The topological polar surface area (TPSA) is 55.1 Å². The van der Waals surface area contributed by atoms with Crippen LogP contribution in [0.15, 0.2) is 24.3 Å². The molecule has 0 saturated carbocycles. The lowest BCUT2D eigenvalue weighted by molar-refractivity contribution is 0.102. The number of aryl methyl sites for hydroxylation is 2. The van der Waals surface area contributed by atoms with Gasteiger partial charge < -0.3 is 11.1 Å². The van der Waals surface area contributed by atoms with Crippen LogP contribution in [0.2, 0.25) is 5.02 Å². The molecule has 0 aliphatic carbocycles. The van der Waals surface area contributed by atoms with Gasteiger partial charge in [-0.2, -0.15) is 0 Å². The van der Waals surface area contributed by atoms with Crippen LogP contribution in [-0.4, -0.2) is 5.91 Å². The Morgan fingerprint density at radius 3 is 2.43 bits per heavy atom. The van der Waals surface area contributed by atoms with Crippen LogP contribution >= 0.6 is 11.6 Å². The maximum atomic E-state index is 13.7. The average Bonchev–Trinajstić information content (AvgIpc) is 2.40. The fraction of sp³-hybridized carbons (Fsp3) is 0.133. The Bertz CT molecular complexity index is 732. The first-order valence-electron chi connectivity index (χ1n) is 6.12. The zero-order valence-corrected chi connectivity index (χ0v) is 12.2. The molecule has 2 rings (SSSR count). The van der Waals surface area contributed by atoms with Gasteiger partial charge in [0.05, 0.1) is 10.6 Å². The van der Waals surface area contributed by atoms with Crippen molar-refractivity contribution in [3.8, 4) is 0 Å². The maximum Gasteiger partial charge on any atom is 0.258 e. The summed E-state index contributed by atoms with van der Waals surface area (Å²) in [6.45, 7) is 3.61. The van der Waals surface area contributed by atoms with Crippen LogP contribution in [0.1, 0.15) is 21.5 Å². The molecule has 21 heavy (non-hydrogen) atoms. The first kappa shape index (κ1) is 15.3. The Balaban J connectivity index is 2.35. The highest BCUT2D eigenvalue weighted by Gasteiger charge is 2.16. The average molecular weight is 311 g/mol. The Morgan fingerprint density at radius 2 is 1.76 bits per heavy atom. The van der Waals surface area contributed by atoms with Gasteiger partial charge in [0.2, 0.25) is 0 Å². The van der Waals surface area contributed by atoms with Gasteiger partial charge in [0.1, 0.15) is 11.6 Å². The Kier molecular flexibility index (Phi) is 4.14. The molecule has 0 fully saturated rings. The molecule has 0 aliphatic heterocycles. The van der Waals surface area contributed by atoms with Crippen molar-refractivity contribution < 1.29 is 13.6 Å². The predicted octanol–water partition coefficient (Wildman–Crippen LogP) is 4.07. The molecule has 1 amide bonds. The number of amides is 1. The van der Waals surface area contributed by atoms with Gasteiger partial charge in [-0.3, -0.25) is 4.79 Å². The van der Waals surface area contributed by atoms with E-state index in [0.29, 0.717) is 11.4 Å². The lowest BCUT2D eigenvalue weighted by Crippen LogP contribution is -2.15. The Labute approximate surface area is 125 Å². The largest absolute Gasteiger partial charge is 0.398 e. The van der Waals surface area contributed by atoms with Crippen LogP contribution in [0.25, 0.3) is 0 Å². The van der Waals surface area contributed by atoms with Crippen molar-refractivity contribution in [1.29, 1.82) is 0 Å². The van der Waals surface area contributed by atoms with Crippen LogP contribution in [0.4, 0.5) is 20.2 Å². The lowest BCUT2D eigenvalue weighted by Gasteiger charge is -2.12. The molecule has 3 N–H and O–H groups in total. The number of hydrogen-bond donors (Lipinski definition) is 2. The number of anilines is 2. The van der Waals surface area contributed by atoms with Gasteiger partial charge in [-0.05, 0) is 43.2 Å². The highest BCUT2D eigenvalue weighted by Crippen LogP contribution is 2.24. The zero-order valence-electron chi connectivity index (χ0n) is 11.4. The molecule has 6 heteroatoms. The molecular formula is C15H13ClF2N2O. The molecule has 2 aromatic rings. The van der Waals surface area contributed by atoms with Gasteiger partial charge in [-0.1, -0.05) is 17.7 Å². The van der Waals surface area contributed by atoms with Gasteiger partial charge in [0.15, 0.2) is 0 Å². The monoisotopic (exact) mass is 310 g/mol. The normalized spacial score (nSPS) is 10.5. The van der Waals surface area contributed by atoms with Gasteiger partial charge in [0.25, 0.3) is 5.91 Å². The van der Waals surface area contributed by atoms with Gasteiger partial charge in [-0.25, -0.2) is 8.78 Å². The molecule has 0 spiro atoms. The molecule has 0 unspecified atom stereocenters. The third-order valence-corrected chi connectivity index (χ3v) is 3.41. The van der Waals surface area contributed by atoms with Crippen molar-refractivity contribution >= 4 is 28.9 Å². The van der Waals surface area contributed by atoms with E-state index in [9.17, 15) is 13.6 Å². The first-order valence-corrected chi connectivity index (χ1v) is 6.50. The molecule has 0 saturated heterocycles. The minimum Gasteiger partial charge on any atom is -0.398 e. The van der Waals surface area contributed by atoms with Crippen LogP contribution in [0.3, 0.4) is 0 Å². The molecule has 0 heterocycles. The summed E-state index contributed by atoms with van der Waals surface area (Å²) in [5, 5.41) is 2.14. The fourth-order valence-electron chi connectivity index (χ4n) is 1.89. The quantitative estimate of drug-likeness (QED) is 0.649. The number of carbonyl (C=O) groups is 1. The number of rotatable bonds is 2. The van der Waals surface area contributed by atoms with Crippen molar-refractivity contribution in [2.24, 2.45) is 0 Å². The van der Waals surface area contributed by atoms with Crippen molar-refractivity contribution in [3.63, 3.8) is 0 Å². The summed E-state index contributed by atoms with van der Waals surface area (Å²) in [4.78, 5) is 12.0. The van der Waals surface area contributed by atoms with E-state index in [1.807, 2.05) is 6.92 Å². The third-order valence-electron chi connectivity index (χ3n) is 3.12. The smallest absolute Gasteiger partial charge is 0.258 e. The zero-order chi connectivity index (χ0) is 15.7. The van der Waals surface area contributed by atoms with Crippen LogP contribution in [0, 0.1) is 25.5 Å². The number of hydrogen-bond acceptors (Lipinski definition) is 2. The molecular weight excluding hydrogens is 298 g/mol. The second-order valence-corrected chi connectivity index (χ2v) is 5.13. The van der Waals surface area contributed by atoms with E-state index in [4.69, 9.17) is 17.3 Å². The summed E-state index contributed by atoms with van der Waals surface area (Å²) >= 11 is 5.45. The predicted molar refractivity (Wildman–Crippen MR) is 79.6 cm³/mol. The fourth-order valence-corrected chi connectivity index (χ4v) is 2.04. The number of nitrogen functional groups attached to an aromatic ring is 1. The number of benzene rings is 2. The van der Waals surface area contributed by atoms with E-state index >= 15 is 0 Å². The van der Waals surface area contributed by atoms with Crippen molar-refractivity contribution in [2.45, 2.75) is 13.8 Å². The summed E-state index contributed by atoms with van der Waals surface area (Å²) in [5.41, 5.74) is 7.93. The van der Waals surface area contributed by atoms with Crippen LogP contribution < -0.4 is 11.1 Å². The van der Waals surface area contributed by atoms with Crippen molar-refractivity contribution in [2.75, 3.05) is 11.1 Å². The van der Waals surface area contributed by atoms with Crippen molar-refractivity contribution in [1.82, 2.24) is 0 Å². The second-order valence-electron chi connectivity index (χ2n) is 4.72. The molecule has 2 aromatic carbocycles. The molecule has 0 bridgehead atoms. The number of halogens is 3. The van der Waals surface area contributed by atoms with Crippen LogP contribution in [-0.2, 0) is 0 Å². The van der Waals surface area contributed by atoms with E-state index in [1.165, 1.54) is 0 Å². The highest BCUT2D eigenvalue weighted by atomic mass is 35.5. The Hall–Kier alpha value is -2.14. The highest BCUT2D eigenvalue weighted by molar-refractivity contribution is 6.30. The number of nitrogens with one attached hydrogen (secondary N) is 1. The maximum absolute atomic E-state index is 13.7. The molecule has 0 aliphatic rings. The van der Waals surface area contributed by atoms with E-state index < -0.39 is 23.1 Å². The third kappa shape index (κ3) is 3.13. The molecule has 3 nitrogen and oxygen atoms in total. The van der Waals surface area contributed by atoms with E-state index in [-0.39, 0.29) is 5.02 Å². The minimum absolute atomic E-state index is 0.375. The molecule has 110 valence electrons. The summed E-state index contributed by atoms with van der Waals surface area (Å²) in [7, 11) is 0. The summed E-state index contributed by atoms with van der Waals surface area (Å²) in [6.07, 6.45) is 0. The van der Waals surface area contributed by atoms with Gasteiger partial charge in [-0.15, -0.1) is 0 Å². The first-order chi connectivity index (χ1) is 9.79. The molecule has 0 radical (unpaired) electrons. The summed E-state index contributed by atoms with van der Waals surface area (Å²) in [5.74, 6) is -2.52. The number of carbonyl (C=O) groups excluding carboxylic acids is 1. The SMILES string of the molecule is Cc1cc(C)c(NC(=O)c2cc(F)c(Cl)cc2F)cc1N. The molecule has 0 aromatic heterocycles. The minimum atomic E-state index is -0.892. The van der Waals surface area contributed by atoms with Crippen molar-refractivity contribution in [3.05, 3.63) is 57.6 Å². The van der Waals surface area contributed by atoms with Crippen LogP contribution in [0.5, 0.6) is 0 Å². The van der Waals surface area contributed by atoms with Gasteiger partial charge >= 0.3 is 0 Å². The van der Waals surface area contributed by atoms with E-state index in [0.717, 1.165) is 23.3 Å². The van der Waals surface area contributed by atoms with E-state index in [1.54, 1.807) is 19.1 Å².